The number of halogens is 1. The van der Waals surface area contributed by atoms with Crippen LogP contribution in [0, 0.1) is 0 Å². The molecule has 0 radical (unpaired) electrons. The second-order valence-corrected chi connectivity index (χ2v) is 6.49. The number of fused-ring (bicyclic) bond motifs is 1. The molecule has 7 heteroatoms. The van der Waals surface area contributed by atoms with Crippen molar-refractivity contribution in [3.8, 4) is 28.3 Å². The maximum atomic E-state index is 9.51. The molecule has 134 valence electrons. The van der Waals surface area contributed by atoms with Crippen LogP contribution in [0.25, 0.3) is 33.3 Å². The van der Waals surface area contributed by atoms with E-state index in [0.717, 1.165) is 27.8 Å². The summed E-state index contributed by atoms with van der Waals surface area (Å²) in [6, 6.07) is 19.2. The van der Waals surface area contributed by atoms with Gasteiger partial charge in [0.25, 0.3) is 6.01 Å². The number of imidazole rings is 1. The van der Waals surface area contributed by atoms with Crippen molar-refractivity contribution < 1.29 is 5.11 Å². The molecule has 0 aliphatic rings. The summed E-state index contributed by atoms with van der Waals surface area (Å²) in [6.45, 7) is 0. The molecule has 1 heterocycles. The van der Waals surface area contributed by atoms with E-state index >= 15 is 0 Å². The Morgan fingerprint density at radius 3 is 2.19 bits per heavy atom. The smallest absolute Gasteiger partial charge is 0.292 e. The van der Waals surface area contributed by atoms with Crippen LogP contribution in [0.1, 0.15) is 5.56 Å². The number of aromatic nitrogens is 2. The maximum absolute atomic E-state index is 9.51. The zero-order valence-corrected chi connectivity index (χ0v) is 14.9. The Kier molecular flexibility index (Phi) is 4.18. The van der Waals surface area contributed by atoms with Gasteiger partial charge in [-0.2, -0.15) is 10.1 Å². The number of nitrogens with zero attached hydrogens (tertiary/aromatic N) is 2. The number of benzene rings is 3. The first-order valence-electron chi connectivity index (χ1n) is 8.18. The Balaban J connectivity index is 1.67. The van der Waals surface area contributed by atoms with Crippen molar-refractivity contribution >= 4 is 28.5 Å². The third-order valence-electron chi connectivity index (χ3n) is 4.41. The van der Waals surface area contributed by atoms with Crippen molar-refractivity contribution in [2.45, 2.75) is 0 Å². The van der Waals surface area contributed by atoms with E-state index in [1.165, 1.54) is 0 Å². The van der Waals surface area contributed by atoms with Gasteiger partial charge < -0.3 is 21.7 Å². The summed E-state index contributed by atoms with van der Waals surface area (Å²) in [5, 5.41) is 13.6. The molecule has 4 rings (SSSR count). The minimum Gasteiger partial charge on any atom is -0.480 e. The molecule has 6 nitrogen and oxygen atoms in total. The summed E-state index contributed by atoms with van der Waals surface area (Å²) in [5.74, 6) is 5.50. The first kappa shape index (κ1) is 16.9. The normalized spacial score (nSPS) is 11.8. The topological polar surface area (TPSA) is 113 Å². The standard InChI is InChI=1S/C20H16ClN5O/c21-16-10-18-17(24-20(27)25-18)9-15(16)13-5-1-11(2-6-13)12-3-7-14(8-4-12)19(22)26-23/h1-10H,23H2,(H2,22,26)(H2,24,25,27). The summed E-state index contributed by atoms with van der Waals surface area (Å²) in [5.41, 5.74) is 11.8. The van der Waals surface area contributed by atoms with Crippen LogP contribution in [0.5, 0.6) is 6.01 Å². The molecule has 0 fully saturated rings. The number of nitrogens with one attached hydrogen (secondary N) is 1. The Bertz CT molecular complexity index is 1150. The van der Waals surface area contributed by atoms with Crippen LogP contribution in [-0.2, 0) is 0 Å². The minimum absolute atomic E-state index is 0.127. The van der Waals surface area contributed by atoms with E-state index in [1.54, 1.807) is 6.07 Å². The molecular weight excluding hydrogens is 362 g/mol. The summed E-state index contributed by atoms with van der Waals surface area (Å²) < 4.78 is 0. The molecular formula is C20H16ClN5O. The number of nitrogens with two attached hydrogens (primary N) is 2. The van der Waals surface area contributed by atoms with Gasteiger partial charge in [-0.05, 0) is 28.8 Å². The van der Waals surface area contributed by atoms with Crippen LogP contribution in [0.15, 0.2) is 65.8 Å². The van der Waals surface area contributed by atoms with Crippen LogP contribution < -0.4 is 11.6 Å². The third kappa shape index (κ3) is 3.18. The highest BCUT2D eigenvalue weighted by Crippen LogP contribution is 2.33. The molecule has 1 aromatic heterocycles. The number of rotatable bonds is 3. The van der Waals surface area contributed by atoms with Crippen LogP contribution in [-0.4, -0.2) is 20.9 Å². The number of aromatic hydroxyl groups is 1. The third-order valence-corrected chi connectivity index (χ3v) is 4.72. The first-order chi connectivity index (χ1) is 13.0. The van der Waals surface area contributed by atoms with Crippen molar-refractivity contribution in [3.63, 3.8) is 0 Å². The molecule has 4 aromatic rings. The molecule has 0 bridgehead atoms. The predicted molar refractivity (Wildman–Crippen MR) is 109 cm³/mol. The lowest BCUT2D eigenvalue weighted by Gasteiger charge is -2.08. The number of H-pyrrole nitrogens is 1. The molecule has 0 aliphatic carbocycles. The lowest BCUT2D eigenvalue weighted by molar-refractivity contribution is 0.438. The molecule has 0 unspecified atom stereocenters. The fourth-order valence-electron chi connectivity index (χ4n) is 2.99. The number of hydrogen-bond donors (Lipinski definition) is 4. The number of amidine groups is 1. The second kappa shape index (κ2) is 6.66. The fourth-order valence-corrected chi connectivity index (χ4v) is 3.26. The Hall–Kier alpha value is -3.51. The summed E-state index contributed by atoms with van der Waals surface area (Å²) in [7, 11) is 0. The molecule has 0 saturated carbocycles. The van der Waals surface area contributed by atoms with E-state index in [1.807, 2.05) is 54.6 Å². The van der Waals surface area contributed by atoms with Gasteiger partial charge in [-0.25, -0.2) is 0 Å². The Morgan fingerprint density at radius 2 is 1.56 bits per heavy atom. The molecule has 3 aromatic carbocycles. The summed E-state index contributed by atoms with van der Waals surface area (Å²) in [6.07, 6.45) is 0. The molecule has 0 amide bonds. The summed E-state index contributed by atoms with van der Waals surface area (Å²) >= 11 is 6.40. The van der Waals surface area contributed by atoms with Gasteiger partial charge >= 0.3 is 0 Å². The zero-order valence-electron chi connectivity index (χ0n) is 14.1. The van der Waals surface area contributed by atoms with E-state index in [-0.39, 0.29) is 6.01 Å². The molecule has 0 aliphatic heterocycles. The maximum Gasteiger partial charge on any atom is 0.292 e. The molecule has 6 N–H and O–H groups in total. The van der Waals surface area contributed by atoms with Crippen LogP contribution in [0.2, 0.25) is 5.02 Å². The first-order valence-corrected chi connectivity index (χ1v) is 8.56. The van der Waals surface area contributed by atoms with Crippen molar-refractivity contribution in [1.29, 1.82) is 0 Å². The van der Waals surface area contributed by atoms with Gasteiger partial charge in [-0.3, -0.25) is 0 Å². The van der Waals surface area contributed by atoms with Gasteiger partial charge in [0, 0.05) is 11.1 Å². The van der Waals surface area contributed by atoms with Crippen LogP contribution in [0.3, 0.4) is 0 Å². The lowest BCUT2D eigenvalue weighted by Crippen LogP contribution is -2.15. The monoisotopic (exact) mass is 377 g/mol. The van der Waals surface area contributed by atoms with Gasteiger partial charge in [-0.15, -0.1) is 0 Å². The average molecular weight is 378 g/mol. The second-order valence-electron chi connectivity index (χ2n) is 6.08. The Morgan fingerprint density at radius 1 is 0.963 bits per heavy atom. The van der Waals surface area contributed by atoms with Gasteiger partial charge in [0.2, 0.25) is 0 Å². The minimum atomic E-state index is -0.127. The zero-order chi connectivity index (χ0) is 19.0. The van der Waals surface area contributed by atoms with E-state index in [4.69, 9.17) is 23.2 Å². The molecule has 0 atom stereocenters. The largest absolute Gasteiger partial charge is 0.480 e. The fraction of sp³-hybridized carbons (Fsp3) is 0. The molecule has 0 saturated heterocycles. The SMILES string of the molecule is N/N=C(\N)c1ccc(-c2ccc(-c3cc4nc(O)[nH]c4cc3Cl)cc2)cc1. The van der Waals surface area contributed by atoms with E-state index < -0.39 is 0 Å². The van der Waals surface area contributed by atoms with Gasteiger partial charge in [-0.1, -0.05) is 60.1 Å². The van der Waals surface area contributed by atoms with Gasteiger partial charge in [0.1, 0.15) is 5.84 Å². The quantitative estimate of drug-likeness (QED) is 0.188. The van der Waals surface area contributed by atoms with E-state index in [0.29, 0.717) is 21.9 Å². The highest BCUT2D eigenvalue weighted by molar-refractivity contribution is 6.34. The van der Waals surface area contributed by atoms with Gasteiger partial charge in [0.15, 0.2) is 0 Å². The summed E-state index contributed by atoms with van der Waals surface area (Å²) in [4.78, 5) is 6.81. The van der Waals surface area contributed by atoms with E-state index in [2.05, 4.69) is 15.1 Å². The highest BCUT2D eigenvalue weighted by atomic mass is 35.5. The molecule has 0 spiro atoms. The van der Waals surface area contributed by atoms with Crippen molar-refractivity contribution in [2.75, 3.05) is 0 Å². The Labute approximate surface area is 160 Å². The average Bonchev–Trinajstić information content (AvgIpc) is 3.06. The van der Waals surface area contributed by atoms with Gasteiger partial charge in [0.05, 0.1) is 16.1 Å². The van der Waals surface area contributed by atoms with Crippen molar-refractivity contribution in [1.82, 2.24) is 9.97 Å². The van der Waals surface area contributed by atoms with E-state index in [9.17, 15) is 5.11 Å². The van der Waals surface area contributed by atoms with Crippen LogP contribution >= 0.6 is 11.6 Å². The number of aromatic amines is 1. The number of hydrogen-bond acceptors (Lipinski definition) is 4. The lowest BCUT2D eigenvalue weighted by atomic mass is 9.99. The van der Waals surface area contributed by atoms with Crippen molar-refractivity contribution in [2.24, 2.45) is 16.7 Å². The van der Waals surface area contributed by atoms with Crippen LogP contribution in [0.4, 0.5) is 0 Å². The highest BCUT2D eigenvalue weighted by Gasteiger charge is 2.10. The molecule has 27 heavy (non-hydrogen) atoms. The van der Waals surface area contributed by atoms with Crippen molar-refractivity contribution in [3.05, 3.63) is 71.2 Å². The predicted octanol–water partition coefficient (Wildman–Crippen LogP) is 3.83. The number of hydrazone groups is 1.